The van der Waals surface area contributed by atoms with Crippen molar-refractivity contribution >= 4 is 18.0 Å². The van der Waals surface area contributed by atoms with Gasteiger partial charge in [-0.2, -0.15) is 0 Å². The third-order valence-corrected chi connectivity index (χ3v) is 8.43. The second kappa shape index (κ2) is 13.2. The minimum absolute atomic E-state index is 0.0353. The largest absolute Gasteiger partial charge is 0.480 e. The number of aliphatic carboxylic acids is 1. The van der Waals surface area contributed by atoms with Crippen molar-refractivity contribution in [3.63, 3.8) is 0 Å². The summed E-state index contributed by atoms with van der Waals surface area (Å²) >= 11 is 0. The highest BCUT2D eigenvalue weighted by molar-refractivity contribution is 5.85. The van der Waals surface area contributed by atoms with Gasteiger partial charge in [0.1, 0.15) is 6.61 Å². The van der Waals surface area contributed by atoms with Crippen molar-refractivity contribution in [1.82, 2.24) is 10.6 Å². The summed E-state index contributed by atoms with van der Waals surface area (Å²) < 4.78 is 11.6. The second-order valence-corrected chi connectivity index (χ2v) is 11.4. The molecule has 0 bridgehead atoms. The lowest BCUT2D eigenvalue weighted by atomic mass is 9.79. The molecule has 2 aliphatic rings. The maximum atomic E-state index is 13.2. The topological polar surface area (TPSA) is 114 Å². The predicted octanol–water partition coefficient (Wildman–Crippen LogP) is 5.79. The fraction of sp³-hybridized carbons (Fsp3) is 0.382. The van der Waals surface area contributed by atoms with Crippen LogP contribution in [0.4, 0.5) is 4.79 Å². The van der Waals surface area contributed by atoms with E-state index in [9.17, 15) is 19.5 Å². The molecule has 220 valence electrons. The number of nitrogens with one attached hydrogen (secondary N) is 2. The maximum Gasteiger partial charge on any atom is 0.407 e. The molecule has 3 N–H and O–H groups in total. The Kier molecular flexibility index (Phi) is 9.22. The van der Waals surface area contributed by atoms with Crippen LogP contribution in [0.25, 0.3) is 11.1 Å². The summed E-state index contributed by atoms with van der Waals surface area (Å²) in [6.45, 7) is 2.04. The molecule has 0 spiro atoms. The molecule has 0 saturated heterocycles. The van der Waals surface area contributed by atoms with Crippen LogP contribution in [0.5, 0.6) is 0 Å². The van der Waals surface area contributed by atoms with Crippen molar-refractivity contribution in [3.8, 4) is 11.1 Å². The van der Waals surface area contributed by atoms with Crippen molar-refractivity contribution in [2.45, 2.75) is 75.7 Å². The lowest BCUT2D eigenvalue weighted by molar-refractivity contribution is -0.146. The van der Waals surface area contributed by atoms with Gasteiger partial charge in [0.25, 0.3) is 0 Å². The van der Waals surface area contributed by atoms with Crippen LogP contribution in [0.15, 0.2) is 78.9 Å². The van der Waals surface area contributed by atoms with Gasteiger partial charge in [0.05, 0.1) is 18.2 Å². The number of hydrogen-bond acceptors (Lipinski definition) is 5. The molecule has 2 atom stereocenters. The second-order valence-electron chi connectivity index (χ2n) is 11.4. The number of benzene rings is 3. The number of amides is 2. The molecular formula is C34H38N2O6. The molecule has 1 saturated carbocycles. The molecule has 8 heteroatoms. The Morgan fingerprint density at radius 3 is 2.10 bits per heavy atom. The highest BCUT2D eigenvalue weighted by atomic mass is 16.5. The van der Waals surface area contributed by atoms with Gasteiger partial charge in [-0.25, -0.2) is 9.59 Å². The van der Waals surface area contributed by atoms with E-state index in [4.69, 9.17) is 9.47 Å². The summed E-state index contributed by atoms with van der Waals surface area (Å²) in [4.78, 5) is 38.4. The molecule has 0 aliphatic heterocycles. The van der Waals surface area contributed by atoms with E-state index >= 15 is 0 Å². The molecular weight excluding hydrogens is 532 g/mol. The third-order valence-electron chi connectivity index (χ3n) is 8.43. The number of carboxylic acids is 1. The number of alkyl carbamates (subject to hydrolysis) is 1. The van der Waals surface area contributed by atoms with Crippen LogP contribution in [-0.4, -0.2) is 47.4 Å². The first kappa shape index (κ1) is 29.3. The Bertz CT molecular complexity index is 1360. The molecule has 0 radical (unpaired) electrons. The molecule has 42 heavy (non-hydrogen) atoms. The van der Waals surface area contributed by atoms with E-state index in [-0.39, 0.29) is 25.6 Å². The molecule has 8 nitrogen and oxygen atoms in total. The van der Waals surface area contributed by atoms with Crippen LogP contribution >= 0.6 is 0 Å². The van der Waals surface area contributed by atoms with Gasteiger partial charge in [-0.3, -0.25) is 4.79 Å². The van der Waals surface area contributed by atoms with Gasteiger partial charge in [0.15, 0.2) is 6.04 Å². The summed E-state index contributed by atoms with van der Waals surface area (Å²) in [5.74, 6) is -1.69. The zero-order chi connectivity index (χ0) is 29.5. The highest BCUT2D eigenvalue weighted by Crippen LogP contribution is 2.44. The summed E-state index contributed by atoms with van der Waals surface area (Å²) in [7, 11) is 0. The van der Waals surface area contributed by atoms with E-state index in [2.05, 4.69) is 34.9 Å². The van der Waals surface area contributed by atoms with Gasteiger partial charge in [0.2, 0.25) is 5.91 Å². The SMILES string of the molecule is C[C@@H](OCc1ccccc1)[C@H](NC(=O)CC1(NC(=O)OCC2c3ccccc3-c3ccccc32)CCCCC1)C(=O)O. The van der Waals surface area contributed by atoms with Crippen LogP contribution in [0.3, 0.4) is 0 Å². The smallest absolute Gasteiger partial charge is 0.407 e. The normalized spacial score (nSPS) is 16.9. The van der Waals surface area contributed by atoms with Crippen molar-refractivity contribution in [1.29, 1.82) is 0 Å². The summed E-state index contributed by atoms with van der Waals surface area (Å²) in [5, 5.41) is 15.5. The van der Waals surface area contributed by atoms with Crippen LogP contribution in [0, 0.1) is 0 Å². The quantitative estimate of drug-likeness (QED) is 0.269. The molecule has 1 fully saturated rings. The zero-order valence-corrected chi connectivity index (χ0v) is 23.9. The van der Waals surface area contributed by atoms with Gasteiger partial charge in [-0.05, 0) is 47.6 Å². The van der Waals surface area contributed by atoms with E-state index in [0.29, 0.717) is 12.8 Å². The minimum Gasteiger partial charge on any atom is -0.480 e. The number of fused-ring (bicyclic) bond motifs is 3. The van der Waals surface area contributed by atoms with Crippen LogP contribution < -0.4 is 10.6 Å². The monoisotopic (exact) mass is 570 g/mol. The predicted molar refractivity (Wildman–Crippen MR) is 159 cm³/mol. The molecule has 3 aromatic rings. The first-order chi connectivity index (χ1) is 20.3. The van der Waals surface area contributed by atoms with Crippen molar-refractivity contribution < 1.29 is 29.0 Å². The molecule has 2 aliphatic carbocycles. The van der Waals surface area contributed by atoms with Gasteiger partial charge >= 0.3 is 12.1 Å². The van der Waals surface area contributed by atoms with Gasteiger partial charge in [0, 0.05) is 12.3 Å². The number of hydrogen-bond donors (Lipinski definition) is 3. The molecule has 2 amide bonds. The summed E-state index contributed by atoms with van der Waals surface area (Å²) in [6, 6.07) is 24.5. The fourth-order valence-electron chi connectivity index (χ4n) is 6.24. The van der Waals surface area contributed by atoms with Crippen LogP contribution in [0.1, 0.15) is 68.1 Å². The Balaban J connectivity index is 1.20. The van der Waals surface area contributed by atoms with Gasteiger partial charge in [-0.15, -0.1) is 0 Å². The number of ether oxygens (including phenoxy) is 2. The average molecular weight is 571 g/mol. The van der Waals surface area contributed by atoms with Crippen LogP contribution in [-0.2, 0) is 25.7 Å². The number of rotatable bonds is 11. The van der Waals surface area contributed by atoms with E-state index in [0.717, 1.165) is 47.1 Å². The van der Waals surface area contributed by atoms with Gasteiger partial charge < -0.3 is 25.2 Å². The summed E-state index contributed by atoms with van der Waals surface area (Å²) in [6.07, 6.45) is 2.59. The molecule has 5 rings (SSSR count). The maximum absolute atomic E-state index is 13.2. The molecule has 0 aromatic heterocycles. The number of carboxylic acid groups (broad SMARTS) is 1. The van der Waals surface area contributed by atoms with Crippen molar-refractivity contribution in [2.75, 3.05) is 6.61 Å². The number of carbonyl (C=O) groups is 3. The Morgan fingerprint density at radius 1 is 0.881 bits per heavy atom. The van der Waals surface area contributed by atoms with E-state index in [1.807, 2.05) is 54.6 Å². The Morgan fingerprint density at radius 2 is 1.48 bits per heavy atom. The molecule has 0 heterocycles. The van der Waals surface area contributed by atoms with E-state index in [1.54, 1.807) is 6.92 Å². The zero-order valence-electron chi connectivity index (χ0n) is 23.9. The first-order valence-electron chi connectivity index (χ1n) is 14.7. The number of carbonyl (C=O) groups excluding carboxylic acids is 2. The summed E-state index contributed by atoms with van der Waals surface area (Å²) in [5.41, 5.74) is 4.66. The standard InChI is InChI=1S/C34H38N2O6/c1-23(41-21-24-12-4-2-5-13-24)31(32(38)39)35-30(37)20-34(18-10-3-11-19-34)36-33(40)42-22-29-27-16-8-6-14-25(27)26-15-7-9-17-28(26)29/h2,4-9,12-17,23,29,31H,3,10-11,18-22H2,1H3,(H,35,37)(H,36,40)(H,38,39)/t23-,31+/m1/s1. The van der Waals surface area contributed by atoms with Gasteiger partial charge in [-0.1, -0.05) is 98.1 Å². The lowest BCUT2D eigenvalue weighted by Crippen LogP contribution is -2.55. The lowest BCUT2D eigenvalue weighted by Gasteiger charge is -2.37. The highest BCUT2D eigenvalue weighted by Gasteiger charge is 2.38. The fourth-order valence-corrected chi connectivity index (χ4v) is 6.24. The van der Waals surface area contributed by atoms with Crippen LogP contribution in [0.2, 0.25) is 0 Å². The Hall–Kier alpha value is -4.17. The average Bonchev–Trinajstić information content (AvgIpc) is 3.32. The molecule has 3 aromatic carbocycles. The Labute approximate surface area is 246 Å². The van der Waals surface area contributed by atoms with Crippen molar-refractivity contribution in [3.05, 3.63) is 95.6 Å². The minimum atomic E-state index is -1.23. The first-order valence-corrected chi connectivity index (χ1v) is 14.7. The van der Waals surface area contributed by atoms with E-state index in [1.165, 1.54) is 0 Å². The van der Waals surface area contributed by atoms with Crippen molar-refractivity contribution in [2.24, 2.45) is 0 Å². The third kappa shape index (κ3) is 6.82. The molecule has 0 unspecified atom stereocenters. The van der Waals surface area contributed by atoms with E-state index < -0.39 is 35.7 Å².